The Morgan fingerprint density at radius 2 is 1.80 bits per heavy atom. The number of aromatic nitrogens is 1. The van der Waals surface area contributed by atoms with Gasteiger partial charge in [-0.1, -0.05) is 6.92 Å². The fourth-order valence-electron chi connectivity index (χ4n) is 3.54. The van der Waals surface area contributed by atoms with Gasteiger partial charge in [0.15, 0.2) is 11.5 Å². The number of sulfone groups is 1. The van der Waals surface area contributed by atoms with Crippen molar-refractivity contribution in [2.75, 3.05) is 52.3 Å². The molecule has 0 unspecified atom stereocenters. The first-order valence-corrected chi connectivity index (χ1v) is 13.1. The van der Waals surface area contributed by atoms with Crippen molar-refractivity contribution in [3.8, 4) is 28.7 Å². The molecular weight excluding hydrogens is 470 g/mol. The van der Waals surface area contributed by atoms with Crippen LogP contribution in [-0.2, 0) is 9.84 Å². The first-order valence-electron chi connectivity index (χ1n) is 11.7. The quantitative estimate of drug-likeness (QED) is 0.389. The van der Waals surface area contributed by atoms with Gasteiger partial charge in [-0.05, 0) is 69.9 Å². The van der Waals surface area contributed by atoms with Crippen LogP contribution in [0, 0.1) is 0 Å². The van der Waals surface area contributed by atoms with Crippen molar-refractivity contribution in [2.45, 2.75) is 29.7 Å². The van der Waals surface area contributed by atoms with Crippen LogP contribution in [0.2, 0.25) is 0 Å². The zero-order chi connectivity index (χ0) is 24.8. The van der Waals surface area contributed by atoms with Crippen LogP contribution in [-0.4, -0.2) is 65.3 Å². The molecule has 10 heteroatoms. The normalized spacial score (nSPS) is 13.1. The van der Waals surface area contributed by atoms with Crippen molar-refractivity contribution >= 4 is 15.7 Å². The lowest BCUT2D eigenvalue weighted by Crippen LogP contribution is -2.17. The third-order valence-corrected chi connectivity index (χ3v) is 6.98. The Morgan fingerprint density at radius 3 is 2.51 bits per heavy atom. The van der Waals surface area contributed by atoms with E-state index < -0.39 is 9.84 Å². The van der Waals surface area contributed by atoms with Gasteiger partial charge in [-0.3, -0.25) is 0 Å². The van der Waals surface area contributed by atoms with Gasteiger partial charge in [0.2, 0.25) is 26.6 Å². The topological polar surface area (TPSA) is 103 Å². The van der Waals surface area contributed by atoms with E-state index in [1.54, 1.807) is 18.2 Å². The monoisotopic (exact) mass is 501 g/mol. The SMILES string of the molecule is CCCOc1ccc(-c2nc(S(=O)(=O)c3ccc4c(c3)OCCO4)c(NCCCN(C)C)o2)cc1. The van der Waals surface area contributed by atoms with Gasteiger partial charge in [-0.15, -0.1) is 0 Å². The van der Waals surface area contributed by atoms with Gasteiger partial charge in [0.05, 0.1) is 11.5 Å². The number of oxazole rings is 1. The van der Waals surface area contributed by atoms with E-state index in [1.807, 2.05) is 33.2 Å². The third kappa shape index (κ3) is 5.88. The first-order chi connectivity index (χ1) is 16.9. The van der Waals surface area contributed by atoms with Crippen molar-refractivity contribution in [3.05, 3.63) is 42.5 Å². The summed E-state index contributed by atoms with van der Waals surface area (Å²) in [6.07, 6.45) is 1.71. The van der Waals surface area contributed by atoms with Crippen LogP contribution in [0.5, 0.6) is 17.2 Å². The molecule has 188 valence electrons. The molecule has 0 aliphatic carbocycles. The summed E-state index contributed by atoms with van der Waals surface area (Å²) in [6.45, 7) is 4.82. The van der Waals surface area contributed by atoms with Gasteiger partial charge < -0.3 is 28.8 Å². The Morgan fingerprint density at radius 1 is 1.06 bits per heavy atom. The summed E-state index contributed by atoms with van der Waals surface area (Å²) in [5.41, 5.74) is 0.647. The average molecular weight is 502 g/mol. The fourth-order valence-corrected chi connectivity index (χ4v) is 4.83. The highest BCUT2D eigenvalue weighted by Crippen LogP contribution is 2.37. The number of nitrogens with zero attached hydrogens (tertiary/aromatic N) is 2. The van der Waals surface area contributed by atoms with Crippen LogP contribution in [0.3, 0.4) is 0 Å². The van der Waals surface area contributed by atoms with E-state index in [4.69, 9.17) is 18.6 Å². The van der Waals surface area contributed by atoms with Crippen molar-refractivity contribution in [1.82, 2.24) is 9.88 Å². The molecule has 35 heavy (non-hydrogen) atoms. The number of rotatable bonds is 11. The summed E-state index contributed by atoms with van der Waals surface area (Å²) < 4.78 is 49.9. The molecule has 0 saturated heterocycles. The largest absolute Gasteiger partial charge is 0.494 e. The van der Waals surface area contributed by atoms with Crippen molar-refractivity contribution in [2.24, 2.45) is 0 Å². The molecule has 2 aromatic carbocycles. The number of hydrogen-bond acceptors (Lipinski definition) is 9. The predicted octanol–water partition coefficient (Wildman–Crippen LogP) is 4.10. The highest BCUT2D eigenvalue weighted by molar-refractivity contribution is 7.91. The van der Waals surface area contributed by atoms with Gasteiger partial charge in [0.1, 0.15) is 19.0 Å². The average Bonchev–Trinajstić information content (AvgIpc) is 3.30. The van der Waals surface area contributed by atoms with E-state index in [0.29, 0.717) is 43.4 Å². The summed E-state index contributed by atoms with van der Waals surface area (Å²) in [7, 11) is -0.0333. The summed E-state index contributed by atoms with van der Waals surface area (Å²) in [5, 5.41) is 2.95. The number of anilines is 1. The van der Waals surface area contributed by atoms with Gasteiger partial charge >= 0.3 is 0 Å². The smallest absolute Gasteiger partial charge is 0.233 e. The first kappa shape index (κ1) is 24.9. The number of ether oxygens (including phenoxy) is 3. The zero-order valence-electron chi connectivity index (χ0n) is 20.2. The van der Waals surface area contributed by atoms with E-state index in [2.05, 4.69) is 15.2 Å². The maximum Gasteiger partial charge on any atom is 0.233 e. The number of hydrogen-bond donors (Lipinski definition) is 1. The lowest BCUT2D eigenvalue weighted by Gasteiger charge is -2.18. The molecule has 0 atom stereocenters. The van der Waals surface area contributed by atoms with Crippen molar-refractivity contribution in [3.63, 3.8) is 0 Å². The van der Waals surface area contributed by atoms with Crippen LogP contribution in [0.1, 0.15) is 19.8 Å². The van der Waals surface area contributed by atoms with Crippen LogP contribution in [0.4, 0.5) is 5.88 Å². The molecule has 9 nitrogen and oxygen atoms in total. The standard InChI is InChI=1S/C25H31N3O6S/c1-4-14-31-19-8-6-18(7-9-19)23-27-25(24(34-23)26-12-5-13-28(2)3)35(29,30)20-10-11-21-22(17-20)33-16-15-32-21/h6-11,17,26H,4-5,12-16H2,1-3H3. The van der Waals surface area contributed by atoms with Crippen molar-refractivity contribution in [1.29, 1.82) is 0 Å². The maximum absolute atomic E-state index is 13.6. The molecule has 1 N–H and O–H groups in total. The molecule has 0 spiro atoms. The molecule has 2 heterocycles. The summed E-state index contributed by atoms with van der Waals surface area (Å²) in [4.78, 5) is 6.52. The van der Waals surface area contributed by atoms with Crippen LogP contribution in [0.15, 0.2) is 56.8 Å². The third-order valence-electron chi connectivity index (χ3n) is 5.32. The van der Waals surface area contributed by atoms with Gasteiger partial charge in [0.25, 0.3) is 0 Å². The van der Waals surface area contributed by atoms with E-state index in [1.165, 1.54) is 12.1 Å². The van der Waals surface area contributed by atoms with E-state index >= 15 is 0 Å². The molecule has 3 aromatic rings. The van der Waals surface area contributed by atoms with E-state index in [9.17, 15) is 8.42 Å². The Bertz CT molecular complexity index is 1240. The lowest BCUT2D eigenvalue weighted by molar-refractivity contribution is 0.171. The molecule has 1 aliphatic heterocycles. The zero-order valence-corrected chi connectivity index (χ0v) is 21.1. The molecule has 4 rings (SSSR count). The Labute approximate surface area is 205 Å². The second-order valence-corrected chi connectivity index (χ2v) is 10.3. The van der Waals surface area contributed by atoms with Crippen LogP contribution >= 0.6 is 0 Å². The highest BCUT2D eigenvalue weighted by Gasteiger charge is 2.30. The Balaban J connectivity index is 1.66. The summed E-state index contributed by atoms with van der Waals surface area (Å²) in [5.74, 6) is 1.96. The Hall–Kier alpha value is -3.24. The minimum Gasteiger partial charge on any atom is -0.494 e. The van der Waals surface area contributed by atoms with Crippen LogP contribution in [0.25, 0.3) is 11.5 Å². The summed E-state index contributed by atoms with van der Waals surface area (Å²) >= 11 is 0. The lowest BCUT2D eigenvalue weighted by atomic mass is 10.2. The van der Waals surface area contributed by atoms with Crippen LogP contribution < -0.4 is 19.5 Å². The molecule has 0 radical (unpaired) electrons. The van der Waals surface area contributed by atoms with E-state index in [0.717, 1.165) is 25.1 Å². The Kier molecular flexibility index (Phi) is 7.82. The molecular formula is C25H31N3O6S. The minimum absolute atomic E-state index is 0.0567. The number of fused-ring (bicyclic) bond motifs is 1. The second-order valence-electron chi connectivity index (χ2n) is 8.42. The fraction of sp³-hybridized carbons (Fsp3) is 0.400. The molecule has 0 saturated carbocycles. The van der Waals surface area contributed by atoms with Crippen molar-refractivity contribution < 1.29 is 27.0 Å². The van der Waals surface area contributed by atoms with E-state index in [-0.39, 0.29) is 21.7 Å². The second kappa shape index (κ2) is 11.0. The molecule has 0 amide bonds. The van der Waals surface area contributed by atoms with Gasteiger partial charge in [-0.25, -0.2) is 8.42 Å². The molecule has 0 bridgehead atoms. The highest BCUT2D eigenvalue weighted by atomic mass is 32.2. The molecule has 1 aromatic heterocycles. The maximum atomic E-state index is 13.6. The number of nitrogens with one attached hydrogen (secondary N) is 1. The molecule has 1 aliphatic rings. The van der Waals surface area contributed by atoms with Gasteiger partial charge in [-0.2, -0.15) is 4.98 Å². The van der Waals surface area contributed by atoms with Gasteiger partial charge in [0, 0.05) is 18.2 Å². The number of benzene rings is 2. The molecule has 0 fully saturated rings. The summed E-state index contributed by atoms with van der Waals surface area (Å²) in [6, 6.07) is 11.8. The minimum atomic E-state index is -4.00. The predicted molar refractivity (Wildman–Crippen MR) is 132 cm³/mol.